The van der Waals surface area contributed by atoms with Gasteiger partial charge in [0.15, 0.2) is 0 Å². The summed E-state index contributed by atoms with van der Waals surface area (Å²) in [6.45, 7) is 1.67. The number of amides is 1. The van der Waals surface area contributed by atoms with Gasteiger partial charge in [-0.05, 0) is 36.7 Å². The summed E-state index contributed by atoms with van der Waals surface area (Å²) in [7, 11) is 3.42. The summed E-state index contributed by atoms with van der Waals surface area (Å²) in [5, 5.41) is 4.19. The molecule has 2 aromatic rings. The minimum absolute atomic E-state index is 0.126. The summed E-state index contributed by atoms with van der Waals surface area (Å²) in [6.07, 6.45) is 0.784. The van der Waals surface area contributed by atoms with Crippen molar-refractivity contribution in [1.82, 2.24) is 4.90 Å². The first-order valence-corrected chi connectivity index (χ1v) is 10.9. The van der Waals surface area contributed by atoms with Crippen LogP contribution in [0.3, 0.4) is 0 Å². The van der Waals surface area contributed by atoms with E-state index in [4.69, 9.17) is 16.3 Å². The zero-order valence-electron chi connectivity index (χ0n) is 15.2. The quantitative estimate of drug-likeness (QED) is 0.709. The number of carbonyl (C=O) groups is 2. The molecule has 1 N–H and O–H groups in total. The van der Waals surface area contributed by atoms with E-state index in [2.05, 4.69) is 10.2 Å². The lowest BCUT2D eigenvalue weighted by Gasteiger charge is -2.22. The summed E-state index contributed by atoms with van der Waals surface area (Å²) >= 11 is 8.96. The smallest absolute Gasteiger partial charge is 0.341 e. The number of esters is 1. The molecule has 0 aliphatic carbocycles. The molecular formula is C19H21ClN2O3S2. The standard InChI is InChI=1S/C19H21ClN2O3S2/c1-22-7-6-14-15(9-22)27-18(17(14)19(24)25-2)21-16(23)11-26-10-12-4-3-5-13(20)8-12/h3-5,8H,6-7,9-11H2,1-2H3,(H,21,23). The molecule has 5 nitrogen and oxygen atoms in total. The number of likely N-dealkylation sites (N-methyl/N-ethyl adjacent to an activating group) is 1. The zero-order valence-corrected chi connectivity index (χ0v) is 17.6. The molecule has 0 atom stereocenters. The molecule has 0 saturated heterocycles. The van der Waals surface area contributed by atoms with E-state index in [0.717, 1.165) is 35.5 Å². The molecule has 0 unspecified atom stereocenters. The number of hydrogen-bond acceptors (Lipinski definition) is 6. The van der Waals surface area contributed by atoms with Crippen LogP contribution in [0.2, 0.25) is 5.02 Å². The van der Waals surface area contributed by atoms with Crippen LogP contribution < -0.4 is 5.32 Å². The summed E-state index contributed by atoms with van der Waals surface area (Å²) < 4.78 is 4.95. The van der Waals surface area contributed by atoms with Crippen LogP contribution in [0.1, 0.15) is 26.4 Å². The Bertz CT molecular complexity index is 853. The average Bonchev–Trinajstić information content (AvgIpc) is 2.97. The van der Waals surface area contributed by atoms with Crippen LogP contribution in [0.5, 0.6) is 0 Å². The largest absolute Gasteiger partial charge is 0.465 e. The molecule has 0 fully saturated rings. The number of carbonyl (C=O) groups excluding carboxylic acids is 2. The Hall–Kier alpha value is -1.54. The number of rotatable bonds is 6. The van der Waals surface area contributed by atoms with Crippen molar-refractivity contribution in [2.45, 2.75) is 18.7 Å². The van der Waals surface area contributed by atoms with E-state index < -0.39 is 0 Å². The van der Waals surface area contributed by atoms with E-state index in [1.54, 1.807) is 0 Å². The number of thiophene rings is 1. The van der Waals surface area contributed by atoms with Crippen LogP contribution in [-0.4, -0.2) is 43.2 Å². The predicted octanol–water partition coefficient (Wildman–Crippen LogP) is 4.05. The van der Waals surface area contributed by atoms with Gasteiger partial charge in [0.1, 0.15) is 5.00 Å². The normalized spacial score (nSPS) is 13.9. The van der Waals surface area contributed by atoms with E-state index in [9.17, 15) is 9.59 Å². The third-order valence-corrected chi connectivity index (χ3v) is 6.65. The second-order valence-electron chi connectivity index (χ2n) is 6.36. The number of nitrogens with one attached hydrogen (secondary N) is 1. The Morgan fingerprint density at radius 1 is 1.41 bits per heavy atom. The third-order valence-electron chi connectivity index (χ3n) is 4.28. The van der Waals surface area contributed by atoms with Gasteiger partial charge in [-0.2, -0.15) is 0 Å². The maximum Gasteiger partial charge on any atom is 0.341 e. The number of halogens is 1. The van der Waals surface area contributed by atoms with Gasteiger partial charge in [-0.15, -0.1) is 23.1 Å². The van der Waals surface area contributed by atoms with Crippen molar-refractivity contribution in [3.63, 3.8) is 0 Å². The van der Waals surface area contributed by atoms with Gasteiger partial charge in [0.2, 0.25) is 5.91 Å². The monoisotopic (exact) mass is 424 g/mol. The van der Waals surface area contributed by atoms with Crippen molar-refractivity contribution in [2.75, 3.05) is 31.8 Å². The Morgan fingerprint density at radius 3 is 2.96 bits per heavy atom. The molecule has 1 aromatic heterocycles. The SMILES string of the molecule is COC(=O)c1c(NC(=O)CSCc2cccc(Cl)c2)sc2c1CCN(C)C2. The lowest BCUT2D eigenvalue weighted by Crippen LogP contribution is -2.26. The van der Waals surface area contributed by atoms with Crippen molar-refractivity contribution < 1.29 is 14.3 Å². The highest BCUT2D eigenvalue weighted by molar-refractivity contribution is 7.99. The van der Waals surface area contributed by atoms with E-state index in [0.29, 0.717) is 27.1 Å². The second-order valence-corrected chi connectivity index (χ2v) is 8.89. The van der Waals surface area contributed by atoms with Gasteiger partial charge in [-0.25, -0.2) is 4.79 Å². The molecular weight excluding hydrogens is 404 g/mol. The summed E-state index contributed by atoms with van der Waals surface area (Å²) in [6, 6.07) is 7.60. The number of anilines is 1. The van der Waals surface area contributed by atoms with E-state index in [1.165, 1.54) is 30.2 Å². The molecule has 144 valence electrons. The Balaban J connectivity index is 1.65. The average molecular weight is 425 g/mol. The van der Waals surface area contributed by atoms with Crippen molar-refractivity contribution in [3.8, 4) is 0 Å². The topological polar surface area (TPSA) is 58.6 Å². The highest BCUT2D eigenvalue weighted by Gasteiger charge is 2.28. The highest BCUT2D eigenvalue weighted by atomic mass is 35.5. The van der Waals surface area contributed by atoms with Gasteiger partial charge >= 0.3 is 5.97 Å². The summed E-state index contributed by atoms with van der Waals surface area (Å²) in [5.74, 6) is 0.483. The first kappa shape index (κ1) is 20.2. The maximum absolute atomic E-state index is 12.4. The van der Waals surface area contributed by atoms with Gasteiger partial charge < -0.3 is 15.0 Å². The van der Waals surface area contributed by atoms with Crippen LogP contribution in [0, 0.1) is 0 Å². The van der Waals surface area contributed by atoms with Gasteiger partial charge in [0.05, 0.1) is 18.4 Å². The van der Waals surface area contributed by atoms with E-state index >= 15 is 0 Å². The van der Waals surface area contributed by atoms with Crippen LogP contribution >= 0.6 is 34.7 Å². The number of methoxy groups -OCH3 is 1. The Kier molecular flexibility index (Phi) is 6.81. The number of thioether (sulfide) groups is 1. The lowest BCUT2D eigenvalue weighted by molar-refractivity contribution is -0.113. The maximum atomic E-state index is 12.4. The number of benzene rings is 1. The van der Waals surface area contributed by atoms with Crippen molar-refractivity contribution in [2.24, 2.45) is 0 Å². The highest BCUT2D eigenvalue weighted by Crippen LogP contribution is 2.37. The molecule has 1 amide bonds. The van der Waals surface area contributed by atoms with Gasteiger partial charge in [0, 0.05) is 28.7 Å². The molecule has 1 aromatic carbocycles. The first-order valence-electron chi connectivity index (χ1n) is 8.51. The van der Waals surface area contributed by atoms with Crippen molar-refractivity contribution >= 4 is 51.6 Å². The summed E-state index contributed by atoms with van der Waals surface area (Å²) in [5.41, 5.74) is 2.59. The van der Waals surface area contributed by atoms with Crippen LogP contribution in [0.15, 0.2) is 24.3 Å². The molecule has 27 heavy (non-hydrogen) atoms. The van der Waals surface area contributed by atoms with Gasteiger partial charge in [-0.1, -0.05) is 23.7 Å². The van der Waals surface area contributed by atoms with Crippen LogP contribution in [-0.2, 0) is 28.2 Å². The lowest BCUT2D eigenvalue weighted by atomic mass is 10.0. The third kappa shape index (κ3) is 5.04. The van der Waals surface area contributed by atoms with E-state index in [1.807, 2.05) is 31.3 Å². The minimum atomic E-state index is -0.390. The molecule has 0 spiro atoms. The van der Waals surface area contributed by atoms with Gasteiger partial charge in [0.25, 0.3) is 0 Å². The molecule has 1 aliphatic rings. The fourth-order valence-electron chi connectivity index (χ4n) is 2.99. The second kappa shape index (κ2) is 9.10. The fraction of sp³-hybridized carbons (Fsp3) is 0.368. The first-order chi connectivity index (χ1) is 13.0. The zero-order chi connectivity index (χ0) is 19.4. The predicted molar refractivity (Wildman–Crippen MR) is 112 cm³/mol. The molecule has 3 rings (SSSR count). The number of fused-ring (bicyclic) bond motifs is 1. The molecule has 1 aliphatic heterocycles. The fourth-order valence-corrected chi connectivity index (χ4v) is 5.31. The van der Waals surface area contributed by atoms with Crippen molar-refractivity contribution in [3.05, 3.63) is 50.9 Å². The molecule has 8 heteroatoms. The minimum Gasteiger partial charge on any atom is -0.465 e. The Morgan fingerprint density at radius 2 is 2.22 bits per heavy atom. The summed E-state index contributed by atoms with van der Waals surface area (Å²) in [4.78, 5) is 28.0. The van der Waals surface area contributed by atoms with Crippen molar-refractivity contribution in [1.29, 1.82) is 0 Å². The van der Waals surface area contributed by atoms with E-state index in [-0.39, 0.29) is 11.9 Å². The molecule has 0 radical (unpaired) electrons. The Labute approximate surface area is 172 Å². The number of ether oxygens (including phenoxy) is 1. The van der Waals surface area contributed by atoms with Gasteiger partial charge in [-0.3, -0.25) is 4.79 Å². The number of nitrogens with zero attached hydrogens (tertiary/aromatic N) is 1. The molecule has 0 bridgehead atoms. The van der Waals surface area contributed by atoms with Crippen LogP contribution in [0.25, 0.3) is 0 Å². The van der Waals surface area contributed by atoms with Crippen LogP contribution in [0.4, 0.5) is 5.00 Å². The number of hydrogen-bond donors (Lipinski definition) is 1. The molecule has 2 heterocycles. The molecule has 0 saturated carbocycles.